The Balaban J connectivity index is 1.81. The van der Waals surface area contributed by atoms with Gasteiger partial charge in [0.15, 0.2) is 0 Å². The van der Waals surface area contributed by atoms with Crippen LogP contribution in [-0.2, 0) is 18.0 Å². The first kappa shape index (κ1) is 11.7. The summed E-state index contributed by atoms with van der Waals surface area (Å²) in [6.45, 7) is 1.21. The number of amides is 1. The summed E-state index contributed by atoms with van der Waals surface area (Å²) in [6.07, 6.45) is 0. The van der Waals surface area contributed by atoms with Gasteiger partial charge in [0, 0.05) is 16.9 Å². The second kappa shape index (κ2) is 4.74. The molecule has 0 bridgehead atoms. The third kappa shape index (κ3) is 2.44. The molecule has 0 unspecified atom stereocenters. The number of carbonyl (C=O) groups excluding carboxylic acids is 1. The first-order valence-electron chi connectivity index (χ1n) is 6.09. The molecule has 4 nitrogen and oxygen atoms in total. The number of benzene rings is 2. The number of nitrogens with one attached hydrogen (secondary N) is 1. The summed E-state index contributed by atoms with van der Waals surface area (Å²) in [4.78, 5) is 12.1. The van der Waals surface area contributed by atoms with Gasteiger partial charge >= 0.3 is 0 Å². The van der Waals surface area contributed by atoms with E-state index in [-0.39, 0.29) is 5.91 Å². The summed E-state index contributed by atoms with van der Waals surface area (Å²) in [7, 11) is 0. The van der Waals surface area contributed by atoms with Crippen molar-refractivity contribution in [3.63, 3.8) is 0 Å². The number of anilines is 2. The first-order chi connectivity index (χ1) is 9.22. The van der Waals surface area contributed by atoms with E-state index >= 15 is 0 Å². The number of nitrogens with two attached hydrogens (primary N) is 1. The molecule has 3 N–H and O–H groups in total. The van der Waals surface area contributed by atoms with Crippen LogP contribution in [0.4, 0.5) is 11.4 Å². The van der Waals surface area contributed by atoms with Crippen molar-refractivity contribution >= 4 is 17.3 Å². The van der Waals surface area contributed by atoms with Crippen LogP contribution in [-0.4, -0.2) is 5.91 Å². The lowest BCUT2D eigenvalue weighted by Gasteiger charge is -2.07. The fourth-order valence-corrected chi connectivity index (χ4v) is 2.13. The predicted molar refractivity (Wildman–Crippen MR) is 73.7 cm³/mol. The maximum Gasteiger partial charge on any atom is 0.255 e. The highest BCUT2D eigenvalue weighted by atomic mass is 16.5. The van der Waals surface area contributed by atoms with Crippen LogP contribution in [0.1, 0.15) is 21.5 Å². The van der Waals surface area contributed by atoms with Gasteiger partial charge in [-0.15, -0.1) is 0 Å². The number of hydrogen-bond donors (Lipinski definition) is 2. The zero-order chi connectivity index (χ0) is 13.2. The summed E-state index contributed by atoms with van der Waals surface area (Å²) in [5, 5.41) is 2.83. The molecule has 4 heteroatoms. The van der Waals surface area contributed by atoms with E-state index in [1.165, 1.54) is 0 Å². The van der Waals surface area contributed by atoms with Crippen LogP contribution in [0.15, 0.2) is 42.5 Å². The zero-order valence-electron chi connectivity index (χ0n) is 10.3. The molecule has 0 atom stereocenters. The molecule has 3 rings (SSSR count). The molecule has 1 aliphatic heterocycles. The first-order valence-corrected chi connectivity index (χ1v) is 6.09. The molecule has 0 radical (unpaired) electrons. The number of nitrogen functional groups attached to an aromatic ring is 1. The van der Waals surface area contributed by atoms with Gasteiger partial charge in [-0.2, -0.15) is 0 Å². The smallest absolute Gasteiger partial charge is 0.255 e. The maximum absolute atomic E-state index is 12.1. The van der Waals surface area contributed by atoms with Crippen molar-refractivity contribution in [2.45, 2.75) is 13.2 Å². The summed E-state index contributed by atoms with van der Waals surface area (Å²) in [5.41, 5.74) is 9.87. The van der Waals surface area contributed by atoms with Crippen LogP contribution in [0.2, 0.25) is 0 Å². The molecule has 0 saturated heterocycles. The summed E-state index contributed by atoms with van der Waals surface area (Å²) in [6, 6.07) is 12.8. The standard InChI is InChI=1S/C15H14N2O2/c16-13-2-1-3-14(7-13)17-15(18)10-4-5-11-8-19-9-12(11)6-10/h1-7H,8-9,16H2,(H,17,18). The van der Waals surface area contributed by atoms with Gasteiger partial charge in [-0.3, -0.25) is 4.79 Å². The molecule has 1 heterocycles. The van der Waals surface area contributed by atoms with Gasteiger partial charge in [-0.25, -0.2) is 0 Å². The molecule has 0 fully saturated rings. The van der Waals surface area contributed by atoms with Crippen molar-refractivity contribution in [1.29, 1.82) is 0 Å². The minimum Gasteiger partial charge on any atom is -0.399 e. The van der Waals surface area contributed by atoms with E-state index in [0.717, 1.165) is 11.1 Å². The molecule has 96 valence electrons. The highest BCUT2D eigenvalue weighted by Crippen LogP contribution is 2.21. The van der Waals surface area contributed by atoms with Crippen molar-refractivity contribution in [2.24, 2.45) is 0 Å². The lowest BCUT2D eigenvalue weighted by molar-refractivity contribution is 0.102. The average Bonchev–Trinajstić information content (AvgIpc) is 2.85. The third-order valence-electron chi connectivity index (χ3n) is 3.13. The van der Waals surface area contributed by atoms with Crippen LogP contribution in [0.5, 0.6) is 0 Å². The number of carbonyl (C=O) groups is 1. The highest BCUT2D eigenvalue weighted by Gasteiger charge is 2.14. The van der Waals surface area contributed by atoms with Crippen molar-refractivity contribution in [1.82, 2.24) is 0 Å². The molecule has 2 aromatic rings. The van der Waals surface area contributed by atoms with Gasteiger partial charge in [0.1, 0.15) is 0 Å². The molecule has 0 saturated carbocycles. The van der Waals surface area contributed by atoms with E-state index in [1.54, 1.807) is 12.1 Å². The maximum atomic E-state index is 12.1. The third-order valence-corrected chi connectivity index (χ3v) is 3.13. The minimum absolute atomic E-state index is 0.139. The molecule has 1 aliphatic rings. The molecular weight excluding hydrogens is 240 g/mol. The number of fused-ring (bicyclic) bond motifs is 1. The van der Waals surface area contributed by atoms with E-state index in [9.17, 15) is 4.79 Å². The monoisotopic (exact) mass is 254 g/mol. The Morgan fingerprint density at radius 1 is 1.11 bits per heavy atom. The van der Waals surface area contributed by atoms with Gasteiger partial charge in [0.25, 0.3) is 5.91 Å². The minimum atomic E-state index is -0.139. The average molecular weight is 254 g/mol. The number of ether oxygens (including phenoxy) is 1. The molecule has 0 aliphatic carbocycles. The largest absolute Gasteiger partial charge is 0.399 e. The van der Waals surface area contributed by atoms with Crippen molar-refractivity contribution < 1.29 is 9.53 Å². The van der Waals surface area contributed by atoms with E-state index in [2.05, 4.69) is 5.32 Å². The van der Waals surface area contributed by atoms with E-state index in [0.29, 0.717) is 30.2 Å². The highest BCUT2D eigenvalue weighted by molar-refractivity contribution is 6.04. The van der Waals surface area contributed by atoms with Crippen molar-refractivity contribution in [3.8, 4) is 0 Å². The predicted octanol–water partition coefficient (Wildman–Crippen LogP) is 2.55. The quantitative estimate of drug-likeness (QED) is 0.809. The molecular formula is C15H14N2O2. The lowest BCUT2D eigenvalue weighted by atomic mass is 10.1. The van der Waals surface area contributed by atoms with E-state index < -0.39 is 0 Å². The fraction of sp³-hybridized carbons (Fsp3) is 0.133. The van der Waals surface area contributed by atoms with Gasteiger partial charge in [0.2, 0.25) is 0 Å². The van der Waals surface area contributed by atoms with Crippen LogP contribution >= 0.6 is 0 Å². The van der Waals surface area contributed by atoms with Gasteiger partial charge in [0.05, 0.1) is 13.2 Å². The SMILES string of the molecule is Nc1cccc(NC(=O)c2ccc3c(c2)COC3)c1. The van der Waals surface area contributed by atoms with Crippen LogP contribution in [0.25, 0.3) is 0 Å². The van der Waals surface area contributed by atoms with Gasteiger partial charge in [-0.1, -0.05) is 12.1 Å². The molecule has 2 aromatic carbocycles. The summed E-state index contributed by atoms with van der Waals surface area (Å²) >= 11 is 0. The summed E-state index contributed by atoms with van der Waals surface area (Å²) in [5.74, 6) is -0.139. The Kier molecular flexibility index (Phi) is 2.93. The fourth-order valence-electron chi connectivity index (χ4n) is 2.13. The zero-order valence-corrected chi connectivity index (χ0v) is 10.3. The Hall–Kier alpha value is -2.33. The Morgan fingerprint density at radius 3 is 2.79 bits per heavy atom. The molecule has 1 amide bonds. The lowest BCUT2D eigenvalue weighted by Crippen LogP contribution is -2.12. The van der Waals surface area contributed by atoms with Crippen molar-refractivity contribution in [2.75, 3.05) is 11.1 Å². The van der Waals surface area contributed by atoms with E-state index in [4.69, 9.17) is 10.5 Å². The van der Waals surface area contributed by atoms with E-state index in [1.807, 2.05) is 30.3 Å². The molecule has 19 heavy (non-hydrogen) atoms. The Labute approximate surface area is 111 Å². The second-order valence-corrected chi connectivity index (χ2v) is 4.56. The normalized spacial score (nSPS) is 13.1. The number of rotatable bonds is 2. The number of hydrogen-bond acceptors (Lipinski definition) is 3. The molecule has 0 aromatic heterocycles. The Bertz CT molecular complexity index is 638. The van der Waals surface area contributed by atoms with Crippen LogP contribution < -0.4 is 11.1 Å². The Morgan fingerprint density at radius 2 is 1.95 bits per heavy atom. The second-order valence-electron chi connectivity index (χ2n) is 4.56. The van der Waals surface area contributed by atoms with Gasteiger partial charge < -0.3 is 15.8 Å². The van der Waals surface area contributed by atoms with Crippen LogP contribution in [0.3, 0.4) is 0 Å². The topological polar surface area (TPSA) is 64.3 Å². The van der Waals surface area contributed by atoms with Crippen molar-refractivity contribution in [3.05, 3.63) is 59.2 Å². The van der Waals surface area contributed by atoms with Crippen LogP contribution in [0, 0.1) is 0 Å². The summed E-state index contributed by atoms with van der Waals surface area (Å²) < 4.78 is 5.34. The molecule has 0 spiro atoms. The van der Waals surface area contributed by atoms with Gasteiger partial charge in [-0.05, 0) is 41.5 Å².